The van der Waals surface area contributed by atoms with Gasteiger partial charge in [-0.2, -0.15) is 9.78 Å². The second-order valence-corrected chi connectivity index (χ2v) is 11.6. The van der Waals surface area contributed by atoms with Crippen molar-refractivity contribution in [2.45, 2.75) is 6.92 Å². The van der Waals surface area contributed by atoms with Gasteiger partial charge >= 0.3 is 0 Å². The lowest BCUT2D eigenvalue weighted by Gasteiger charge is -2.13. The van der Waals surface area contributed by atoms with E-state index in [1.54, 1.807) is 30.3 Å². The number of anilines is 1. The molecule has 6 rings (SSSR count). The summed E-state index contributed by atoms with van der Waals surface area (Å²) in [5.74, 6) is 1.06. The van der Waals surface area contributed by atoms with E-state index in [0.29, 0.717) is 49.5 Å². The lowest BCUT2D eigenvalue weighted by Crippen LogP contribution is -2.20. The Hall–Kier alpha value is -4.74. The number of ether oxygens (including phenoxy) is 2. The first-order chi connectivity index (χ1) is 21.3. The minimum atomic E-state index is -0.355. The van der Waals surface area contributed by atoms with Crippen LogP contribution in [0.3, 0.4) is 0 Å². The summed E-state index contributed by atoms with van der Waals surface area (Å²) >= 11 is 7.03. The van der Waals surface area contributed by atoms with E-state index in [0.717, 1.165) is 15.4 Å². The standard InChI is InChI=1S/C33H24Br2N4O5/c1-19-7-10-23(11-8-19)37-31(40)18-43-29-16-25(35)21(15-28(29)42-2)17-36-39-32(38-26-6-4-3-5-24(26)33(39)41)30-14-20-13-22(34)9-12-27(20)44-30/h3-17H,18H2,1-2H3,(H,37,40). The first-order valence-corrected chi connectivity index (χ1v) is 15.0. The molecule has 11 heteroatoms. The van der Waals surface area contributed by atoms with E-state index in [1.165, 1.54) is 18.0 Å². The summed E-state index contributed by atoms with van der Waals surface area (Å²) in [6, 6.07) is 25.4. The fourth-order valence-corrected chi connectivity index (χ4v) is 5.34. The number of rotatable bonds is 8. The Labute approximate surface area is 268 Å². The molecule has 4 aromatic carbocycles. The number of fused-ring (bicyclic) bond motifs is 2. The Kier molecular flexibility index (Phi) is 8.32. The fourth-order valence-electron chi connectivity index (χ4n) is 4.53. The summed E-state index contributed by atoms with van der Waals surface area (Å²) in [6.45, 7) is 1.75. The maximum atomic E-state index is 13.6. The first-order valence-electron chi connectivity index (χ1n) is 13.4. The van der Waals surface area contributed by atoms with Crippen molar-refractivity contribution in [3.05, 3.63) is 115 Å². The van der Waals surface area contributed by atoms with Crippen LogP contribution in [-0.4, -0.2) is 35.5 Å². The van der Waals surface area contributed by atoms with Crippen LogP contribution in [0.15, 0.2) is 108 Å². The fraction of sp³-hybridized carbons (Fsp3) is 0.0909. The van der Waals surface area contributed by atoms with Crippen LogP contribution in [0.1, 0.15) is 11.1 Å². The van der Waals surface area contributed by atoms with Gasteiger partial charge in [0.25, 0.3) is 11.5 Å². The van der Waals surface area contributed by atoms with Crippen molar-refractivity contribution in [2.24, 2.45) is 5.10 Å². The highest BCUT2D eigenvalue weighted by atomic mass is 79.9. The lowest BCUT2D eigenvalue weighted by atomic mass is 10.2. The lowest BCUT2D eigenvalue weighted by molar-refractivity contribution is -0.118. The molecule has 0 bridgehead atoms. The largest absolute Gasteiger partial charge is 0.493 e. The molecular weight excluding hydrogens is 692 g/mol. The highest BCUT2D eigenvalue weighted by Crippen LogP contribution is 2.33. The maximum Gasteiger partial charge on any atom is 0.282 e. The van der Waals surface area contributed by atoms with Gasteiger partial charge in [-0.15, -0.1) is 0 Å². The predicted octanol–water partition coefficient (Wildman–Crippen LogP) is 7.55. The number of nitrogens with zero attached hydrogens (tertiary/aromatic N) is 3. The molecule has 0 spiro atoms. The van der Waals surface area contributed by atoms with Crippen LogP contribution in [0.5, 0.6) is 11.5 Å². The van der Waals surface area contributed by atoms with Gasteiger partial charge in [0.2, 0.25) is 5.82 Å². The summed E-state index contributed by atoms with van der Waals surface area (Å²) < 4.78 is 20.1. The van der Waals surface area contributed by atoms with E-state index in [-0.39, 0.29) is 23.9 Å². The smallest absolute Gasteiger partial charge is 0.282 e. The van der Waals surface area contributed by atoms with Gasteiger partial charge in [0.1, 0.15) is 5.58 Å². The van der Waals surface area contributed by atoms with Gasteiger partial charge < -0.3 is 19.2 Å². The molecular formula is C33H24Br2N4O5. The van der Waals surface area contributed by atoms with Crippen LogP contribution in [0.4, 0.5) is 5.69 Å². The first kappa shape index (κ1) is 29.3. The maximum absolute atomic E-state index is 13.6. The molecule has 0 fully saturated rings. The second kappa shape index (κ2) is 12.5. The van der Waals surface area contributed by atoms with Crippen LogP contribution in [0, 0.1) is 6.92 Å². The highest BCUT2D eigenvalue weighted by Gasteiger charge is 2.17. The van der Waals surface area contributed by atoms with Crippen molar-refractivity contribution in [1.82, 2.24) is 9.66 Å². The van der Waals surface area contributed by atoms with E-state index >= 15 is 0 Å². The van der Waals surface area contributed by atoms with Gasteiger partial charge in [0, 0.05) is 25.6 Å². The Morgan fingerprint density at radius 3 is 2.61 bits per heavy atom. The number of methoxy groups -OCH3 is 1. The van der Waals surface area contributed by atoms with Crippen LogP contribution in [-0.2, 0) is 4.79 Å². The van der Waals surface area contributed by atoms with Crippen molar-refractivity contribution in [3.8, 4) is 23.1 Å². The Bertz CT molecular complexity index is 2120. The number of aromatic nitrogens is 2. The van der Waals surface area contributed by atoms with E-state index in [4.69, 9.17) is 18.9 Å². The summed E-state index contributed by atoms with van der Waals surface area (Å²) in [7, 11) is 1.50. The van der Waals surface area contributed by atoms with Crippen molar-refractivity contribution in [3.63, 3.8) is 0 Å². The minimum Gasteiger partial charge on any atom is -0.493 e. The van der Waals surface area contributed by atoms with Gasteiger partial charge in [0.05, 0.1) is 24.2 Å². The molecule has 0 atom stereocenters. The molecule has 2 heterocycles. The van der Waals surface area contributed by atoms with E-state index in [2.05, 4.69) is 42.3 Å². The third-order valence-electron chi connectivity index (χ3n) is 6.74. The number of carbonyl (C=O) groups is 1. The molecule has 0 radical (unpaired) electrons. The number of aryl methyl sites for hydroxylation is 1. The van der Waals surface area contributed by atoms with Crippen LogP contribution < -0.4 is 20.3 Å². The zero-order chi connectivity index (χ0) is 30.8. The monoisotopic (exact) mass is 714 g/mol. The Balaban J connectivity index is 1.31. The molecule has 0 saturated carbocycles. The van der Waals surface area contributed by atoms with Crippen molar-refractivity contribution >= 4 is 71.5 Å². The second-order valence-electron chi connectivity index (χ2n) is 9.83. The minimum absolute atomic E-state index is 0.223. The quantitative estimate of drug-likeness (QED) is 0.163. The number of amides is 1. The highest BCUT2D eigenvalue weighted by molar-refractivity contribution is 9.10. The average Bonchev–Trinajstić information content (AvgIpc) is 3.44. The zero-order valence-corrected chi connectivity index (χ0v) is 26.7. The molecule has 220 valence electrons. The predicted molar refractivity (Wildman–Crippen MR) is 178 cm³/mol. The molecule has 0 saturated heterocycles. The average molecular weight is 716 g/mol. The number of carbonyl (C=O) groups excluding carboxylic acids is 1. The number of para-hydroxylation sites is 1. The SMILES string of the molecule is COc1cc(C=Nn2c(-c3cc4cc(Br)ccc4o3)nc3ccccc3c2=O)c(Br)cc1OCC(=O)Nc1ccc(C)cc1. The zero-order valence-electron chi connectivity index (χ0n) is 23.5. The van der Waals surface area contributed by atoms with Crippen LogP contribution >= 0.6 is 31.9 Å². The summed E-state index contributed by atoms with van der Waals surface area (Å²) in [6.07, 6.45) is 1.51. The number of nitrogens with one attached hydrogen (secondary N) is 1. The van der Waals surface area contributed by atoms with Crippen molar-refractivity contribution in [2.75, 3.05) is 19.0 Å². The van der Waals surface area contributed by atoms with E-state index in [9.17, 15) is 9.59 Å². The number of hydrogen-bond acceptors (Lipinski definition) is 7. The van der Waals surface area contributed by atoms with Crippen LogP contribution in [0.25, 0.3) is 33.5 Å². The molecule has 1 amide bonds. The number of hydrogen-bond donors (Lipinski definition) is 1. The van der Waals surface area contributed by atoms with Crippen molar-refractivity contribution in [1.29, 1.82) is 0 Å². The Morgan fingerprint density at radius 1 is 1.02 bits per heavy atom. The third kappa shape index (κ3) is 6.15. The normalized spacial score (nSPS) is 11.4. The Morgan fingerprint density at radius 2 is 1.82 bits per heavy atom. The van der Waals surface area contributed by atoms with Gasteiger partial charge in [-0.3, -0.25) is 9.59 Å². The molecule has 9 nitrogen and oxygen atoms in total. The van der Waals surface area contributed by atoms with Crippen LogP contribution in [0.2, 0.25) is 0 Å². The van der Waals surface area contributed by atoms with E-state index < -0.39 is 0 Å². The summed E-state index contributed by atoms with van der Waals surface area (Å²) in [4.78, 5) is 30.8. The molecule has 0 aliphatic heterocycles. The topological polar surface area (TPSA) is 108 Å². The number of benzene rings is 4. The van der Waals surface area contributed by atoms with Gasteiger partial charge in [-0.05, 0) is 83.5 Å². The summed E-state index contributed by atoms with van der Waals surface area (Å²) in [5, 5.41) is 8.61. The molecule has 0 unspecified atom stereocenters. The van der Waals surface area contributed by atoms with E-state index in [1.807, 2.05) is 61.5 Å². The van der Waals surface area contributed by atoms with Gasteiger partial charge in [-0.1, -0.05) is 45.8 Å². The number of furan rings is 1. The molecule has 1 N–H and O–H groups in total. The van der Waals surface area contributed by atoms with Gasteiger partial charge in [-0.25, -0.2) is 4.98 Å². The van der Waals surface area contributed by atoms with Gasteiger partial charge in [0.15, 0.2) is 23.9 Å². The third-order valence-corrected chi connectivity index (χ3v) is 7.92. The molecule has 0 aliphatic rings. The molecule has 44 heavy (non-hydrogen) atoms. The molecule has 2 aromatic heterocycles. The summed E-state index contributed by atoms with van der Waals surface area (Å²) in [5.41, 5.74) is 3.19. The number of halogens is 2. The van der Waals surface area contributed by atoms with Crippen molar-refractivity contribution < 1.29 is 18.7 Å². The molecule has 0 aliphatic carbocycles. The molecule has 6 aromatic rings.